The molecule has 2 unspecified atom stereocenters. The number of rotatable bonds is 2. The fraction of sp³-hybridized carbons (Fsp3) is 0.889. The van der Waals surface area contributed by atoms with Crippen LogP contribution in [0.4, 0.5) is 0 Å². The maximum atomic E-state index is 11.9. The number of carbonyl (C=O) groups is 1. The molecule has 2 saturated heterocycles. The highest BCUT2D eigenvalue weighted by atomic mass is 16.5. The van der Waals surface area contributed by atoms with Crippen LogP contribution in [0.1, 0.15) is 0 Å². The maximum Gasteiger partial charge on any atom is 0.182 e. The molecule has 0 aliphatic carbocycles. The Kier molecular flexibility index (Phi) is 3.47. The molecule has 2 aliphatic rings. The third kappa shape index (κ3) is 2.30. The van der Waals surface area contributed by atoms with Gasteiger partial charge in [0.2, 0.25) is 0 Å². The number of ketones is 1. The second kappa shape index (κ2) is 4.84. The molecule has 0 aromatic heterocycles. The summed E-state index contributed by atoms with van der Waals surface area (Å²) in [6.45, 7) is 4.37. The standard InChI is InChI=1S/C9H16N3O2/c13-9(7-5-10-1-2-12-7)8-6-11-3-4-14-8/h7-8,10-11H,1-6H2. The van der Waals surface area contributed by atoms with Crippen molar-refractivity contribution in [3.05, 3.63) is 0 Å². The lowest BCUT2D eigenvalue weighted by molar-refractivity contribution is -0.134. The third-order valence-corrected chi connectivity index (χ3v) is 2.55. The molecule has 2 fully saturated rings. The van der Waals surface area contributed by atoms with Crippen molar-refractivity contribution in [2.45, 2.75) is 12.1 Å². The summed E-state index contributed by atoms with van der Waals surface area (Å²) in [5.74, 6) is 0.115. The van der Waals surface area contributed by atoms with Crippen LogP contribution in [0.3, 0.4) is 0 Å². The van der Waals surface area contributed by atoms with Gasteiger partial charge in [0.25, 0.3) is 0 Å². The van der Waals surface area contributed by atoms with Gasteiger partial charge in [-0.15, -0.1) is 0 Å². The average molecular weight is 198 g/mol. The van der Waals surface area contributed by atoms with Gasteiger partial charge in [-0.3, -0.25) is 4.79 Å². The minimum Gasteiger partial charge on any atom is -0.368 e. The summed E-state index contributed by atoms with van der Waals surface area (Å²) in [6.07, 6.45) is -0.294. The minimum atomic E-state index is -0.294. The van der Waals surface area contributed by atoms with E-state index in [1.165, 1.54) is 0 Å². The lowest BCUT2D eigenvalue weighted by Crippen LogP contribution is -2.55. The molecule has 79 valence electrons. The third-order valence-electron chi connectivity index (χ3n) is 2.55. The normalized spacial score (nSPS) is 34.0. The molecule has 2 atom stereocenters. The van der Waals surface area contributed by atoms with Crippen molar-refractivity contribution >= 4 is 5.78 Å². The van der Waals surface area contributed by atoms with E-state index in [2.05, 4.69) is 16.0 Å². The molecule has 0 spiro atoms. The predicted molar refractivity (Wildman–Crippen MR) is 51.3 cm³/mol. The van der Waals surface area contributed by atoms with Gasteiger partial charge in [-0.25, -0.2) is 5.32 Å². The fourth-order valence-electron chi connectivity index (χ4n) is 1.76. The van der Waals surface area contributed by atoms with E-state index in [9.17, 15) is 4.79 Å². The summed E-state index contributed by atoms with van der Waals surface area (Å²) in [5, 5.41) is 10.6. The smallest absolute Gasteiger partial charge is 0.182 e. The summed E-state index contributed by atoms with van der Waals surface area (Å²) >= 11 is 0. The van der Waals surface area contributed by atoms with Crippen molar-refractivity contribution in [3.8, 4) is 0 Å². The summed E-state index contributed by atoms with van der Waals surface area (Å²) in [4.78, 5) is 11.9. The van der Waals surface area contributed by atoms with E-state index < -0.39 is 0 Å². The molecule has 2 N–H and O–H groups in total. The average Bonchev–Trinajstić information content (AvgIpc) is 2.30. The molecule has 0 saturated carbocycles. The molecule has 0 aromatic rings. The number of nitrogens with zero attached hydrogens (tertiary/aromatic N) is 1. The Morgan fingerprint density at radius 3 is 2.79 bits per heavy atom. The number of ether oxygens (including phenoxy) is 1. The quantitative estimate of drug-likeness (QED) is 0.545. The molecule has 2 rings (SSSR count). The van der Waals surface area contributed by atoms with Crippen LogP contribution in [0.15, 0.2) is 0 Å². The summed E-state index contributed by atoms with van der Waals surface area (Å²) in [6, 6.07) is -0.200. The number of piperazine rings is 1. The van der Waals surface area contributed by atoms with E-state index >= 15 is 0 Å². The van der Waals surface area contributed by atoms with Crippen LogP contribution in [-0.4, -0.2) is 57.3 Å². The van der Waals surface area contributed by atoms with Gasteiger partial charge in [0, 0.05) is 32.7 Å². The monoisotopic (exact) mass is 198 g/mol. The van der Waals surface area contributed by atoms with Crippen LogP contribution in [-0.2, 0) is 9.53 Å². The first-order valence-electron chi connectivity index (χ1n) is 5.11. The second-order valence-corrected chi connectivity index (χ2v) is 3.59. The van der Waals surface area contributed by atoms with Crippen LogP contribution in [0.2, 0.25) is 0 Å². The summed E-state index contributed by atoms with van der Waals surface area (Å²) < 4.78 is 5.39. The lowest BCUT2D eigenvalue weighted by Gasteiger charge is -2.28. The SMILES string of the molecule is O=C(C1CNCC[N]1)C1CNCCO1. The molecule has 2 aliphatic heterocycles. The first-order valence-corrected chi connectivity index (χ1v) is 5.11. The Morgan fingerprint density at radius 2 is 2.14 bits per heavy atom. The van der Waals surface area contributed by atoms with Crippen molar-refractivity contribution in [2.24, 2.45) is 0 Å². The van der Waals surface area contributed by atoms with Crippen LogP contribution >= 0.6 is 0 Å². The van der Waals surface area contributed by atoms with Gasteiger partial charge >= 0.3 is 0 Å². The molecular formula is C9H16N3O2. The second-order valence-electron chi connectivity index (χ2n) is 3.59. The Labute approximate surface area is 83.6 Å². The van der Waals surface area contributed by atoms with Crippen molar-refractivity contribution in [3.63, 3.8) is 0 Å². The number of morpholine rings is 1. The van der Waals surface area contributed by atoms with Gasteiger partial charge in [0.15, 0.2) is 5.78 Å². The Bertz CT molecular complexity index is 178. The fourth-order valence-corrected chi connectivity index (χ4v) is 1.76. The number of Topliss-reactive ketones (excluding diaryl/α,β-unsaturated/α-hetero) is 1. The van der Waals surface area contributed by atoms with E-state index in [0.29, 0.717) is 19.7 Å². The van der Waals surface area contributed by atoms with Gasteiger partial charge in [-0.1, -0.05) is 0 Å². The van der Waals surface area contributed by atoms with Gasteiger partial charge in [-0.05, 0) is 0 Å². The Balaban J connectivity index is 1.85. The highest BCUT2D eigenvalue weighted by Gasteiger charge is 2.30. The Morgan fingerprint density at radius 1 is 1.29 bits per heavy atom. The Hall–Kier alpha value is -0.490. The molecule has 5 heteroatoms. The number of carbonyl (C=O) groups excluding carboxylic acids is 1. The van der Waals surface area contributed by atoms with Gasteiger partial charge in [-0.2, -0.15) is 0 Å². The zero-order valence-corrected chi connectivity index (χ0v) is 8.16. The van der Waals surface area contributed by atoms with Crippen LogP contribution in [0.25, 0.3) is 0 Å². The van der Waals surface area contributed by atoms with Crippen LogP contribution < -0.4 is 16.0 Å². The first-order chi connectivity index (χ1) is 6.88. The van der Waals surface area contributed by atoms with Gasteiger partial charge in [0.1, 0.15) is 6.10 Å². The van der Waals surface area contributed by atoms with Gasteiger partial charge in [0.05, 0.1) is 12.6 Å². The molecule has 0 bridgehead atoms. The summed E-state index contributed by atoms with van der Waals surface area (Å²) in [5.41, 5.74) is 0. The largest absolute Gasteiger partial charge is 0.368 e. The van der Waals surface area contributed by atoms with Crippen LogP contribution in [0, 0.1) is 0 Å². The van der Waals surface area contributed by atoms with E-state index in [4.69, 9.17) is 4.74 Å². The van der Waals surface area contributed by atoms with E-state index in [0.717, 1.165) is 19.6 Å². The van der Waals surface area contributed by atoms with Crippen molar-refractivity contribution < 1.29 is 9.53 Å². The zero-order chi connectivity index (χ0) is 9.80. The number of nitrogens with one attached hydrogen (secondary N) is 2. The molecule has 2 heterocycles. The number of hydrogen-bond donors (Lipinski definition) is 2. The highest BCUT2D eigenvalue weighted by Crippen LogP contribution is 2.03. The van der Waals surface area contributed by atoms with E-state index in [1.807, 2.05) is 0 Å². The van der Waals surface area contributed by atoms with Crippen LogP contribution in [0.5, 0.6) is 0 Å². The number of hydrogen-bond acceptors (Lipinski definition) is 4. The first kappa shape index (κ1) is 10.0. The topological polar surface area (TPSA) is 64.5 Å². The van der Waals surface area contributed by atoms with E-state index in [-0.39, 0.29) is 17.9 Å². The predicted octanol–water partition coefficient (Wildman–Crippen LogP) is -1.88. The van der Waals surface area contributed by atoms with Crippen molar-refractivity contribution in [2.75, 3.05) is 39.3 Å². The maximum absolute atomic E-state index is 11.9. The molecule has 5 nitrogen and oxygen atoms in total. The van der Waals surface area contributed by atoms with Crippen molar-refractivity contribution in [1.29, 1.82) is 0 Å². The summed E-state index contributed by atoms with van der Waals surface area (Å²) in [7, 11) is 0. The van der Waals surface area contributed by atoms with Crippen molar-refractivity contribution in [1.82, 2.24) is 16.0 Å². The molecular weight excluding hydrogens is 182 g/mol. The minimum absolute atomic E-state index is 0.115. The van der Waals surface area contributed by atoms with Gasteiger partial charge < -0.3 is 15.4 Å². The highest BCUT2D eigenvalue weighted by molar-refractivity contribution is 5.88. The molecule has 14 heavy (non-hydrogen) atoms. The zero-order valence-electron chi connectivity index (χ0n) is 8.16. The molecule has 1 radical (unpaired) electrons. The lowest BCUT2D eigenvalue weighted by atomic mass is 10.1. The molecule has 0 aromatic carbocycles. The van der Waals surface area contributed by atoms with E-state index in [1.54, 1.807) is 0 Å². The molecule has 0 amide bonds.